The molecule has 0 aliphatic heterocycles. The molecule has 1 atom stereocenters. The molecule has 0 radical (unpaired) electrons. The lowest BCUT2D eigenvalue weighted by Gasteiger charge is -2.25. The van der Waals surface area contributed by atoms with Gasteiger partial charge in [-0.25, -0.2) is 0 Å². The van der Waals surface area contributed by atoms with Crippen LogP contribution in [0, 0.1) is 5.41 Å². The Morgan fingerprint density at radius 2 is 2.27 bits per heavy atom. The number of rotatable bonds is 3. The number of carbonyl (C=O) groups excluding carboxylic acids is 1. The Kier molecular flexibility index (Phi) is 3.46. The number of allylic oxidation sites excluding steroid dienone is 7. The highest BCUT2D eigenvalue weighted by molar-refractivity contribution is 6.01. The van der Waals surface area contributed by atoms with Crippen LogP contribution in [-0.2, 0) is 4.79 Å². The zero-order valence-electron chi connectivity index (χ0n) is 9.71. The summed E-state index contributed by atoms with van der Waals surface area (Å²) in [5.74, 6) is 0.220. The summed E-state index contributed by atoms with van der Waals surface area (Å²) in [6.45, 7) is 9.55. The van der Waals surface area contributed by atoms with E-state index in [0.717, 1.165) is 17.6 Å². The number of hydrogen-bond acceptors (Lipinski definition) is 1. The van der Waals surface area contributed by atoms with Gasteiger partial charge in [0.25, 0.3) is 0 Å². The van der Waals surface area contributed by atoms with Gasteiger partial charge in [0, 0.05) is 0 Å². The van der Waals surface area contributed by atoms with Crippen molar-refractivity contribution in [3.8, 4) is 0 Å². The Morgan fingerprint density at radius 3 is 2.87 bits per heavy atom. The van der Waals surface area contributed by atoms with Gasteiger partial charge in [0.2, 0.25) is 0 Å². The number of carbonyl (C=O) groups is 1. The van der Waals surface area contributed by atoms with E-state index in [1.165, 1.54) is 0 Å². The van der Waals surface area contributed by atoms with Gasteiger partial charge in [-0.2, -0.15) is 0 Å². The van der Waals surface area contributed by atoms with Gasteiger partial charge in [-0.3, -0.25) is 4.79 Å². The smallest absolute Gasteiger partial charge is 0.168 e. The van der Waals surface area contributed by atoms with E-state index in [1.54, 1.807) is 0 Å². The van der Waals surface area contributed by atoms with E-state index >= 15 is 0 Å². The SMILES string of the molecule is C=CC(C)=CCC1(C)C=CC=C(C)C1=O. The predicted octanol–water partition coefficient (Wildman–Crippen LogP) is 3.60. The first-order valence-corrected chi connectivity index (χ1v) is 5.20. The van der Waals surface area contributed by atoms with E-state index < -0.39 is 0 Å². The van der Waals surface area contributed by atoms with E-state index in [0.29, 0.717) is 0 Å². The quantitative estimate of drug-likeness (QED) is 0.639. The first-order valence-electron chi connectivity index (χ1n) is 5.20. The molecule has 0 heterocycles. The van der Waals surface area contributed by atoms with Gasteiger partial charge in [-0.15, -0.1) is 0 Å². The lowest BCUT2D eigenvalue weighted by molar-refractivity contribution is -0.121. The third-order valence-corrected chi connectivity index (χ3v) is 2.86. The second-order valence-electron chi connectivity index (χ2n) is 4.31. The summed E-state index contributed by atoms with van der Waals surface area (Å²) in [7, 11) is 0. The highest BCUT2D eigenvalue weighted by Gasteiger charge is 2.31. The fourth-order valence-electron chi connectivity index (χ4n) is 1.62. The van der Waals surface area contributed by atoms with Gasteiger partial charge in [0.1, 0.15) is 0 Å². The molecule has 1 nitrogen and oxygen atoms in total. The minimum atomic E-state index is -0.372. The molecular weight excluding hydrogens is 184 g/mol. The molecule has 1 heteroatoms. The molecule has 0 fully saturated rings. The van der Waals surface area contributed by atoms with E-state index in [9.17, 15) is 4.79 Å². The zero-order chi connectivity index (χ0) is 11.5. The van der Waals surface area contributed by atoms with E-state index in [-0.39, 0.29) is 11.2 Å². The molecule has 0 saturated carbocycles. The highest BCUT2D eigenvalue weighted by Crippen LogP contribution is 2.31. The molecule has 0 aromatic carbocycles. The summed E-state index contributed by atoms with van der Waals surface area (Å²) < 4.78 is 0. The Labute approximate surface area is 91.9 Å². The van der Waals surface area contributed by atoms with Gasteiger partial charge in [-0.1, -0.05) is 42.5 Å². The summed E-state index contributed by atoms with van der Waals surface area (Å²) in [5.41, 5.74) is 1.58. The molecule has 0 spiro atoms. The largest absolute Gasteiger partial charge is 0.294 e. The monoisotopic (exact) mass is 202 g/mol. The predicted molar refractivity (Wildman–Crippen MR) is 64.6 cm³/mol. The van der Waals surface area contributed by atoms with Crippen molar-refractivity contribution in [2.75, 3.05) is 0 Å². The number of ketones is 1. The average Bonchev–Trinajstić information content (AvgIpc) is 2.23. The van der Waals surface area contributed by atoms with Crippen molar-refractivity contribution in [1.82, 2.24) is 0 Å². The normalized spacial score (nSPS) is 26.5. The van der Waals surface area contributed by atoms with Crippen LogP contribution in [0.4, 0.5) is 0 Å². The lowest BCUT2D eigenvalue weighted by Crippen LogP contribution is -2.27. The molecule has 0 bridgehead atoms. The van der Waals surface area contributed by atoms with Gasteiger partial charge in [-0.05, 0) is 32.8 Å². The number of Topliss-reactive ketones (excluding diaryl/α,β-unsaturated/α-hetero) is 1. The van der Waals surface area contributed by atoms with Crippen molar-refractivity contribution in [1.29, 1.82) is 0 Å². The van der Waals surface area contributed by atoms with Crippen LogP contribution < -0.4 is 0 Å². The summed E-state index contributed by atoms with van der Waals surface area (Å²) in [6.07, 6.45) is 10.4. The maximum atomic E-state index is 12.0. The first-order chi connectivity index (χ1) is 6.99. The van der Waals surface area contributed by atoms with Crippen LogP contribution in [0.3, 0.4) is 0 Å². The molecule has 15 heavy (non-hydrogen) atoms. The summed E-state index contributed by atoms with van der Waals surface area (Å²) in [6, 6.07) is 0. The lowest BCUT2D eigenvalue weighted by atomic mass is 9.76. The van der Waals surface area contributed by atoms with Crippen LogP contribution in [-0.4, -0.2) is 5.78 Å². The van der Waals surface area contributed by atoms with Crippen LogP contribution in [0.5, 0.6) is 0 Å². The molecule has 0 aromatic rings. The Bertz CT molecular complexity index is 369. The Balaban J connectivity index is 2.85. The third kappa shape index (κ3) is 2.56. The second-order valence-corrected chi connectivity index (χ2v) is 4.31. The van der Waals surface area contributed by atoms with Crippen LogP contribution in [0.15, 0.2) is 48.1 Å². The van der Waals surface area contributed by atoms with Crippen molar-refractivity contribution in [3.05, 3.63) is 48.1 Å². The van der Waals surface area contributed by atoms with Crippen LogP contribution in [0.25, 0.3) is 0 Å². The molecule has 0 aromatic heterocycles. The molecule has 0 saturated heterocycles. The fourth-order valence-corrected chi connectivity index (χ4v) is 1.62. The average molecular weight is 202 g/mol. The van der Waals surface area contributed by atoms with Crippen LogP contribution in [0.2, 0.25) is 0 Å². The molecule has 1 unspecified atom stereocenters. The molecule has 0 amide bonds. The topological polar surface area (TPSA) is 17.1 Å². The van der Waals surface area contributed by atoms with Crippen molar-refractivity contribution >= 4 is 5.78 Å². The molecule has 1 rings (SSSR count). The molecule has 80 valence electrons. The molecular formula is C14H18O. The summed E-state index contributed by atoms with van der Waals surface area (Å²) in [5, 5.41) is 0. The van der Waals surface area contributed by atoms with E-state index in [4.69, 9.17) is 0 Å². The first kappa shape index (κ1) is 11.7. The van der Waals surface area contributed by atoms with Crippen LogP contribution >= 0.6 is 0 Å². The van der Waals surface area contributed by atoms with Crippen molar-refractivity contribution < 1.29 is 4.79 Å². The fraction of sp³-hybridized carbons (Fsp3) is 0.357. The Hall–Kier alpha value is -1.37. The van der Waals surface area contributed by atoms with Crippen molar-refractivity contribution in [2.24, 2.45) is 5.41 Å². The third-order valence-electron chi connectivity index (χ3n) is 2.86. The summed E-state index contributed by atoms with van der Waals surface area (Å²) >= 11 is 0. The summed E-state index contributed by atoms with van der Waals surface area (Å²) in [4.78, 5) is 12.0. The van der Waals surface area contributed by atoms with E-state index in [1.807, 2.05) is 45.1 Å². The van der Waals surface area contributed by atoms with Gasteiger partial charge >= 0.3 is 0 Å². The van der Waals surface area contributed by atoms with Gasteiger partial charge in [0.05, 0.1) is 5.41 Å². The molecule has 0 N–H and O–H groups in total. The zero-order valence-corrected chi connectivity index (χ0v) is 9.71. The van der Waals surface area contributed by atoms with E-state index in [2.05, 4.69) is 12.7 Å². The molecule has 1 aliphatic rings. The van der Waals surface area contributed by atoms with Gasteiger partial charge < -0.3 is 0 Å². The minimum absolute atomic E-state index is 0.220. The maximum Gasteiger partial charge on any atom is 0.168 e. The van der Waals surface area contributed by atoms with Crippen molar-refractivity contribution in [3.63, 3.8) is 0 Å². The highest BCUT2D eigenvalue weighted by atomic mass is 16.1. The minimum Gasteiger partial charge on any atom is -0.294 e. The second kappa shape index (κ2) is 4.43. The van der Waals surface area contributed by atoms with Gasteiger partial charge in [0.15, 0.2) is 5.78 Å². The standard InChI is InChI=1S/C14H18O/c1-5-11(2)8-10-14(4)9-6-7-12(3)13(14)15/h5-9H,1,10H2,2-4H3. The maximum absolute atomic E-state index is 12.0. The number of hydrogen-bond donors (Lipinski definition) is 0. The van der Waals surface area contributed by atoms with Crippen LogP contribution in [0.1, 0.15) is 27.2 Å². The van der Waals surface area contributed by atoms with Crippen molar-refractivity contribution in [2.45, 2.75) is 27.2 Å². The molecule has 1 aliphatic carbocycles. The Morgan fingerprint density at radius 1 is 1.60 bits per heavy atom.